The monoisotopic (exact) mass is 211 g/mol. The summed E-state index contributed by atoms with van der Waals surface area (Å²) in [4.78, 5) is 11.8. The van der Waals surface area contributed by atoms with Crippen LogP contribution in [0, 0.1) is 11.3 Å². The third-order valence-electron chi connectivity index (χ3n) is 3.56. The fourth-order valence-corrected chi connectivity index (χ4v) is 2.70. The average molecular weight is 211 g/mol. The zero-order valence-corrected chi connectivity index (χ0v) is 10.2. The summed E-state index contributed by atoms with van der Waals surface area (Å²) in [5.41, 5.74) is 6.02. The van der Waals surface area contributed by atoms with Gasteiger partial charge in [0, 0.05) is 12.8 Å². The molecule has 0 aromatic rings. The van der Waals surface area contributed by atoms with Crippen LogP contribution in [0.2, 0.25) is 0 Å². The molecule has 2 N–H and O–H groups in total. The van der Waals surface area contributed by atoms with Crippen LogP contribution in [-0.4, -0.2) is 12.3 Å². The second-order valence-electron chi connectivity index (χ2n) is 5.58. The number of hydrogen-bond donors (Lipinski definition) is 1. The molecule has 1 aliphatic rings. The first-order chi connectivity index (χ1) is 7.08. The fraction of sp³-hybridized carbons (Fsp3) is 0.923. The molecule has 0 spiro atoms. The van der Waals surface area contributed by atoms with Crippen LogP contribution in [-0.2, 0) is 4.79 Å². The SMILES string of the molecule is CC(C)CC(=O)CC1(CN)CCCCC1. The van der Waals surface area contributed by atoms with Crippen LogP contribution in [0.25, 0.3) is 0 Å². The Hall–Kier alpha value is -0.370. The third kappa shape index (κ3) is 3.94. The molecule has 15 heavy (non-hydrogen) atoms. The molecule has 1 rings (SSSR count). The van der Waals surface area contributed by atoms with E-state index in [-0.39, 0.29) is 5.41 Å². The lowest BCUT2D eigenvalue weighted by atomic mass is 9.70. The lowest BCUT2D eigenvalue weighted by Crippen LogP contribution is -2.35. The van der Waals surface area contributed by atoms with Crippen molar-refractivity contribution in [1.29, 1.82) is 0 Å². The lowest BCUT2D eigenvalue weighted by Gasteiger charge is -2.35. The smallest absolute Gasteiger partial charge is 0.133 e. The van der Waals surface area contributed by atoms with Crippen LogP contribution in [0.4, 0.5) is 0 Å². The minimum Gasteiger partial charge on any atom is -0.330 e. The van der Waals surface area contributed by atoms with Gasteiger partial charge in [0.15, 0.2) is 0 Å². The van der Waals surface area contributed by atoms with Gasteiger partial charge in [0.1, 0.15) is 5.78 Å². The molecule has 2 nitrogen and oxygen atoms in total. The molecule has 0 aliphatic heterocycles. The molecule has 0 aromatic heterocycles. The van der Waals surface area contributed by atoms with Gasteiger partial charge in [0.2, 0.25) is 0 Å². The number of Topliss-reactive ketones (excluding diaryl/α,β-unsaturated/α-hetero) is 1. The van der Waals surface area contributed by atoms with Gasteiger partial charge in [-0.1, -0.05) is 33.1 Å². The summed E-state index contributed by atoms with van der Waals surface area (Å²) in [5, 5.41) is 0. The van der Waals surface area contributed by atoms with Crippen molar-refractivity contribution in [2.24, 2.45) is 17.1 Å². The quantitative estimate of drug-likeness (QED) is 0.760. The Balaban J connectivity index is 2.47. The van der Waals surface area contributed by atoms with Crippen molar-refractivity contribution in [3.05, 3.63) is 0 Å². The van der Waals surface area contributed by atoms with E-state index in [2.05, 4.69) is 13.8 Å². The average Bonchev–Trinajstić information content (AvgIpc) is 2.17. The lowest BCUT2D eigenvalue weighted by molar-refractivity contribution is -0.122. The fourth-order valence-electron chi connectivity index (χ4n) is 2.70. The maximum atomic E-state index is 11.8. The maximum Gasteiger partial charge on any atom is 0.133 e. The maximum absolute atomic E-state index is 11.8. The summed E-state index contributed by atoms with van der Waals surface area (Å²) in [6, 6.07) is 0. The minimum absolute atomic E-state index is 0.157. The minimum atomic E-state index is 0.157. The van der Waals surface area contributed by atoms with E-state index in [1.165, 1.54) is 19.3 Å². The summed E-state index contributed by atoms with van der Waals surface area (Å²) in [7, 11) is 0. The molecule has 0 amide bonds. The van der Waals surface area contributed by atoms with Crippen molar-refractivity contribution in [2.45, 2.75) is 58.8 Å². The van der Waals surface area contributed by atoms with Gasteiger partial charge in [-0.15, -0.1) is 0 Å². The summed E-state index contributed by atoms with van der Waals surface area (Å²) in [6.45, 7) is 4.90. The van der Waals surface area contributed by atoms with Crippen molar-refractivity contribution in [3.63, 3.8) is 0 Å². The Morgan fingerprint density at radius 3 is 2.33 bits per heavy atom. The highest BCUT2D eigenvalue weighted by Crippen LogP contribution is 2.38. The normalized spacial score (nSPS) is 20.5. The molecule has 2 heteroatoms. The van der Waals surface area contributed by atoms with Crippen molar-refractivity contribution in [2.75, 3.05) is 6.54 Å². The standard InChI is InChI=1S/C13H25NO/c1-11(2)8-12(15)9-13(10-14)6-4-3-5-7-13/h11H,3-10,14H2,1-2H3. The molecule has 0 aromatic carbocycles. The Labute approximate surface area is 93.6 Å². The van der Waals surface area contributed by atoms with Crippen LogP contribution in [0.5, 0.6) is 0 Å². The van der Waals surface area contributed by atoms with E-state index in [0.29, 0.717) is 18.2 Å². The molecule has 1 fully saturated rings. The number of hydrogen-bond acceptors (Lipinski definition) is 2. The largest absolute Gasteiger partial charge is 0.330 e. The second kappa shape index (κ2) is 5.64. The Morgan fingerprint density at radius 2 is 1.87 bits per heavy atom. The highest BCUT2D eigenvalue weighted by molar-refractivity contribution is 5.79. The molecular formula is C13H25NO. The van der Waals surface area contributed by atoms with Gasteiger partial charge in [-0.05, 0) is 30.7 Å². The Bertz CT molecular complexity index is 205. The molecule has 0 radical (unpaired) electrons. The van der Waals surface area contributed by atoms with Gasteiger partial charge in [0.05, 0.1) is 0 Å². The van der Waals surface area contributed by atoms with E-state index >= 15 is 0 Å². The third-order valence-corrected chi connectivity index (χ3v) is 3.56. The molecule has 0 atom stereocenters. The summed E-state index contributed by atoms with van der Waals surface area (Å²) in [6.07, 6.45) is 7.60. The number of ketones is 1. The van der Waals surface area contributed by atoms with Crippen molar-refractivity contribution >= 4 is 5.78 Å². The number of carbonyl (C=O) groups is 1. The zero-order chi connectivity index (χ0) is 11.3. The van der Waals surface area contributed by atoms with E-state index in [0.717, 1.165) is 25.7 Å². The molecule has 1 aliphatic carbocycles. The van der Waals surface area contributed by atoms with E-state index < -0.39 is 0 Å². The molecule has 0 bridgehead atoms. The van der Waals surface area contributed by atoms with E-state index in [9.17, 15) is 4.79 Å². The first-order valence-electron chi connectivity index (χ1n) is 6.30. The van der Waals surface area contributed by atoms with Gasteiger partial charge < -0.3 is 5.73 Å². The molecule has 88 valence electrons. The predicted octanol–water partition coefficient (Wildman–Crippen LogP) is 2.90. The Morgan fingerprint density at radius 1 is 1.27 bits per heavy atom. The van der Waals surface area contributed by atoms with Gasteiger partial charge in [0.25, 0.3) is 0 Å². The van der Waals surface area contributed by atoms with Crippen LogP contribution in [0.1, 0.15) is 58.8 Å². The summed E-state index contributed by atoms with van der Waals surface area (Å²) < 4.78 is 0. The number of rotatable bonds is 5. The van der Waals surface area contributed by atoms with E-state index in [4.69, 9.17) is 5.73 Å². The number of carbonyl (C=O) groups excluding carboxylic acids is 1. The zero-order valence-electron chi connectivity index (χ0n) is 10.2. The van der Waals surface area contributed by atoms with E-state index in [1.807, 2.05) is 0 Å². The van der Waals surface area contributed by atoms with Crippen LogP contribution < -0.4 is 5.73 Å². The van der Waals surface area contributed by atoms with Gasteiger partial charge >= 0.3 is 0 Å². The van der Waals surface area contributed by atoms with Crippen molar-refractivity contribution in [3.8, 4) is 0 Å². The summed E-state index contributed by atoms with van der Waals surface area (Å²) in [5.74, 6) is 0.897. The molecule has 0 unspecified atom stereocenters. The van der Waals surface area contributed by atoms with Crippen LogP contribution >= 0.6 is 0 Å². The number of nitrogens with two attached hydrogens (primary N) is 1. The first kappa shape index (κ1) is 12.7. The van der Waals surface area contributed by atoms with Gasteiger partial charge in [-0.2, -0.15) is 0 Å². The molecule has 1 saturated carbocycles. The van der Waals surface area contributed by atoms with E-state index in [1.54, 1.807) is 0 Å². The van der Waals surface area contributed by atoms with Gasteiger partial charge in [-0.3, -0.25) is 4.79 Å². The van der Waals surface area contributed by atoms with Crippen LogP contribution in [0.3, 0.4) is 0 Å². The van der Waals surface area contributed by atoms with Crippen molar-refractivity contribution in [1.82, 2.24) is 0 Å². The summed E-state index contributed by atoms with van der Waals surface area (Å²) >= 11 is 0. The molecule has 0 saturated heterocycles. The van der Waals surface area contributed by atoms with Crippen LogP contribution in [0.15, 0.2) is 0 Å². The molecule has 0 heterocycles. The highest BCUT2D eigenvalue weighted by Gasteiger charge is 2.32. The molecular weight excluding hydrogens is 186 g/mol. The topological polar surface area (TPSA) is 43.1 Å². The van der Waals surface area contributed by atoms with Crippen molar-refractivity contribution < 1.29 is 4.79 Å². The predicted molar refractivity (Wildman–Crippen MR) is 63.7 cm³/mol. The highest BCUT2D eigenvalue weighted by atomic mass is 16.1. The second-order valence-corrected chi connectivity index (χ2v) is 5.58. The first-order valence-corrected chi connectivity index (χ1v) is 6.30. The van der Waals surface area contributed by atoms with Gasteiger partial charge in [-0.25, -0.2) is 0 Å². The Kier molecular flexibility index (Phi) is 4.78.